The Hall–Kier alpha value is -1.39. The van der Waals surface area contributed by atoms with Crippen LogP contribution in [0.15, 0.2) is 24.3 Å². The first kappa shape index (κ1) is 15.0. The van der Waals surface area contributed by atoms with Crippen LogP contribution in [0.4, 0.5) is 0 Å². The molecule has 1 aromatic heterocycles. The van der Waals surface area contributed by atoms with Gasteiger partial charge < -0.3 is 11.1 Å². The quantitative estimate of drug-likeness (QED) is 0.907. The van der Waals surface area contributed by atoms with Crippen LogP contribution in [0, 0.1) is 12.8 Å². The summed E-state index contributed by atoms with van der Waals surface area (Å²) in [5.41, 5.74) is 7.14. The highest BCUT2D eigenvalue weighted by atomic mass is 32.1. The van der Waals surface area contributed by atoms with E-state index in [0.717, 1.165) is 0 Å². The van der Waals surface area contributed by atoms with Gasteiger partial charge in [0.1, 0.15) is 0 Å². The van der Waals surface area contributed by atoms with Gasteiger partial charge in [-0.05, 0) is 36.8 Å². The molecule has 0 aliphatic carbocycles. The summed E-state index contributed by atoms with van der Waals surface area (Å²) in [6.07, 6.45) is 0. The summed E-state index contributed by atoms with van der Waals surface area (Å²) in [5.74, 6) is 0.0649. The Kier molecular flexibility index (Phi) is 4.45. The molecular weight excluding hydrogens is 268 g/mol. The lowest BCUT2D eigenvalue weighted by Crippen LogP contribution is -2.44. The predicted octanol–water partition coefficient (Wildman–Crippen LogP) is 3.37. The fourth-order valence-electron chi connectivity index (χ4n) is 2.28. The zero-order valence-electron chi connectivity index (χ0n) is 12.4. The first-order chi connectivity index (χ1) is 9.41. The predicted molar refractivity (Wildman–Crippen MR) is 85.9 cm³/mol. The number of fused-ring (bicyclic) bond motifs is 1. The van der Waals surface area contributed by atoms with Gasteiger partial charge in [0, 0.05) is 9.58 Å². The average Bonchev–Trinajstić information content (AvgIpc) is 2.75. The largest absolute Gasteiger partial charge is 0.347 e. The molecule has 0 saturated heterocycles. The summed E-state index contributed by atoms with van der Waals surface area (Å²) < 4.78 is 1.26. The lowest BCUT2D eigenvalue weighted by molar-refractivity contribution is -0.123. The van der Waals surface area contributed by atoms with Crippen LogP contribution < -0.4 is 11.1 Å². The second kappa shape index (κ2) is 5.94. The molecule has 4 heteroatoms. The number of nitrogens with two attached hydrogens (primary N) is 1. The molecule has 0 saturated carbocycles. The smallest absolute Gasteiger partial charge is 0.237 e. The minimum Gasteiger partial charge on any atom is -0.347 e. The molecule has 20 heavy (non-hydrogen) atoms. The zero-order valence-corrected chi connectivity index (χ0v) is 13.3. The van der Waals surface area contributed by atoms with Crippen LogP contribution in [-0.4, -0.2) is 11.9 Å². The number of aryl methyl sites for hydroxylation is 1. The van der Waals surface area contributed by atoms with Gasteiger partial charge in [0.15, 0.2) is 0 Å². The number of nitrogens with one attached hydrogen (secondary N) is 1. The second-order valence-corrected chi connectivity index (χ2v) is 6.67. The second-order valence-electron chi connectivity index (χ2n) is 5.59. The number of thiophene rings is 1. The first-order valence-electron chi connectivity index (χ1n) is 6.95. The highest BCUT2D eigenvalue weighted by molar-refractivity contribution is 7.19. The maximum absolute atomic E-state index is 12.1. The maximum Gasteiger partial charge on any atom is 0.237 e. The Balaban J connectivity index is 2.21. The Morgan fingerprint density at radius 2 is 1.90 bits per heavy atom. The Morgan fingerprint density at radius 3 is 2.50 bits per heavy atom. The number of rotatable bonds is 4. The van der Waals surface area contributed by atoms with Gasteiger partial charge >= 0.3 is 0 Å². The fourth-order valence-corrected chi connectivity index (χ4v) is 3.50. The topological polar surface area (TPSA) is 55.1 Å². The zero-order chi connectivity index (χ0) is 14.9. The fraction of sp³-hybridized carbons (Fsp3) is 0.438. The third-order valence-corrected chi connectivity index (χ3v) is 5.11. The molecule has 2 aromatic rings. The van der Waals surface area contributed by atoms with E-state index in [1.54, 1.807) is 11.3 Å². The van der Waals surface area contributed by atoms with E-state index in [0.29, 0.717) is 0 Å². The third-order valence-electron chi connectivity index (χ3n) is 3.65. The van der Waals surface area contributed by atoms with Crippen molar-refractivity contribution in [1.29, 1.82) is 0 Å². The summed E-state index contributed by atoms with van der Waals surface area (Å²) >= 11 is 1.74. The van der Waals surface area contributed by atoms with Gasteiger partial charge in [-0.25, -0.2) is 0 Å². The van der Waals surface area contributed by atoms with Crippen molar-refractivity contribution in [2.75, 3.05) is 0 Å². The highest BCUT2D eigenvalue weighted by Crippen LogP contribution is 2.34. The normalized spacial score (nSPS) is 14.5. The molecule has 2 atom stereocenters. The van der Waals surface area contributed by atoms with Crippen molar-refractivity contribution < 1.29 is 4.79 Å². The number of carbonyl (C=O) groups is 1. The summed E-state index contributed by atoms with van der Waals surface area (Å²) in [7, 11) is 0. The molecule has 0 radical (unpaired) electrons. The van der Waals surface area contributed by atoms with Gasteiger partial charge in [-0.3, -0.25) is 4.79 Å². The summed E-state index contributed by atoms with van der Waals surface area (Å²) in [6.45, 7) is 8.04. The molecule has 3 N–H and O–H groups in total. The first-order valence-corrected chi connectivity index (χ1v) is 7.77. The van der Waals surface area contributed by atoms with Gasteiger partial charge in [-0.1, -0.05) is 32.0 Å². The van der Waals surface area contributed by atoms with E-state index in [-0.39, 0.29) is 17.9 Å². The van der Waals surface area contributed by atoms with Crippen molar-refractivity contribution in [1.82, 2.24) is 5.32 Å². The van der Waals surface area contributed by atoms with Gasteiger partial charge in [-0.15, -0.1) is 11.3 Å². The molecule has 0 aliphatic rings. The number of hydrogen-bond acceptors (Lipinski definition) is 3. The molecule has 0 fully saturated rings. The van der Waals surface area contributed by atoms with E-state index in [2.05, 4.69) is 24.4 Å². The summed E-state index contributed by atoms with van der Waals surface area (Å²) in [4.78, 5) is 13.3. The van der Waals surface area contributed by atoms with Crippen LogP contribution >= 0.6 is 11.3 Å². The molecular formula is C16H22N2OS. The Morgan fingerprint density at radius 1 is 1.25 bits per heavy atom. The molecule has 1 aromatic carbocycles. The van der Waals surface area contributed by atoms with E-state index in [1.807, 2.05) is 32.9 Å². The minimum atomic E-state index is -0.452. The van der Waals surface area contributed by atoms with Crippen LogP contribution in [0.25, 0.3) is 10.1 Å². The van der Waals surface area contributed by atoms with Crippen molar-refractivity contribution in [2.24, 2.45) is 11.7 Å². The van der Waals surface area contributed by atoms with E-state index < -0.39 is 6.04 Å². The van der Waals surface area contributed by atoms with Crippen molar-refractivity contribution in [3.8, 4) is 0 Å². The molecule has 0 spiro atoms. The van der Waals surface area contributed by atoms with Crippen molar-refractivity contribution in [3.05, 3.63) is 34.7 Å². The highest BCUT2D eigenvalue weighted by Gasteiger charge is 2.21. The Labute approximate surface area is 124 Å². The summed E-state index contributed by atoms with van der Waals surface area (Å²) in [6, 6.07) is 7.87. The van der Waals surface area contributed by atoms with Crippen molar-refractivity contribution in [2.45, 2.75) is 39.8 Å². The molecule has 3 nitrogen and oxygen atoms in total. The van der Waals surface area contributed by atoms with Crippen molar-refractivity contribution >= 4 is 27.3 Å². The monoisotopic (exact) mass is 290 g/mol. The average molecular weight is 290 g/mol. The molecule has 0 bridgehead atoms. The molecule has 2 rings (SSSR count). The molecule has 0 aliphatic heterocycles. The van der Waals surface area contributed by atoms with Gasteiger partial charge in [0.05, 0.1) is 12.1 Å². The van der Waals surface area contributed by atoms with Crippen molar-refractivity contribution in [3.63, 3.8) is 0 Å². The van der Waals surface area contributed by atoms with Gasteiger partial charge in [0.25, 0.3) is 0 Å². The SMILES string of the molecule is Cc1c(C(C)NC(=O)[C@@H](N)C(C)C)sc2ccccc12. The molecule has 108 valence electrons. The van der Waals surface area contributed by atoms with Crippen LogP contribution in [0.2, 0.25) is 0 Å². The Bertz CT molecular complexity index is 618. The standard InChI is InChI=1S/C16H22N2OS/c1-9(2)14(17)16(19)18-11(4)15-10(3)12-7-5-6-8-13(12)20-15/h5-9,11,14H,17H2,1-4H3,(H,18,19)/t11?,14-/m0/s1. The number of benzene rings is 1. The number of amides is 1. The molecule has 1 unspecified atom stereocenters. The van der Waals surface area contributed by atoms with E-state index in [4.69, 9.17) is 5.73 Å². The van der Waals surface area contributed by atoms with Crippen LogP contribution in [0.5, 0.6) is 0 Å². The van der Waals surface area contributed by atoms with Crippen LogP contribution in [-0.2, 0) is 4.79 Å². The van der Waals surface area contributed by atoms with E-state index in [1.165, 1.54) is 20.5 Å². The summed E-state index contributed by atoms with van der Waals surface area (Å²) in [5, 5.41) is 4.29. The third kappa shape index (κ3) is 2.86. The van der Waals surface area contributed by atoms with Crippen LogP contribution in [0.1, 0.15) is 37.3 Å². The number of carbonyl (C=O) groups excluding carboxylic acids is 1. The van der Waals surface area contributed by atoms with E-state index >= 15 is 0 Å². The van der Waals surface area contributed by atoms with Gasteiger partial charge in [0.2, 0.25) is 5.91 Å². The minimum absolute atomic E-state index is 0.00954. The van der Waals surface area contributed by atoms with E-state index in [9.17, 15) is 4.79 Å². The lowest BCUT2D eigenvalue weighted by atomic mass is 10.0. The molecule has 1 amide bonds. The van der Waals surface area contributed by atoms with Gasteiger partial charge in [-0.2, -0.15) is 0 Å². The number of hydrogen-bond donors (Lipinski definition) is 2. The lowest BCUT2D eigenvalue weighted by Gasteiger charge is -2.19. The van der Waals surface area contributed by atoms with Crippen LogP contribution in [0.3, 0.4) is 0 Å². The maximum atomic E-state index is 12.1. The molecule has 1 heterocycles.